The summed E-state index contributed by atoms with van der Waals surface area (Å²) in [5, 5.41) is 0. The Morgan fingerprint density at radius 3 is 2.70 bits per heavy atom. The van der Waals surface area contributed by atoms with E-state index in [4.69, 9.17) is 4.74 Å². The molecule has 0 N–H and O–H groups in total. The minimum absolute atomic E-state index is 0.0808. The first-order chi connectivity index (χ1) is 10.9. The Kier molecular flexibility index (Phi) is 5.96. The molecule has 0 radical (unpaired) electrons. The third-order valence-electron chi connectivity index (χ3n) is 3.74. The van der Waals surface area contributed by atoms with Crippen LogP contribution < -0.4 is 0 Å². The summed E-state index contributed by atoms with van der Waals surface area (Å²) in [6.07, 6.45) is 5.60. The molecule has 0 spiro atoms. The molecule has 5 nitrogen and oxygen atoms in total. The van der Waals surface area contributed by atoms with Crippen LogP contribution in [0.5, 0.6) is 0 Å². The van der Waals surface area contributed by atoms with Gasteiger partial charge in [0.15, 0.2) is 0 Å². The average Bonchev–Trinajstić information content (AvgIpc) is 3.28. The summed E-state index contributed by atoms with van der Waals surface area (Å²) in [6.45, 7) is 4.65. The summed E-state index contributed by atoms with van der Waals surface area (Å²) in [7, 11) is -3.35. The van der Waals surface area contributed by atoms with Crippen LogP contribution in [0.3, 0.4) is 0 Å². The monoisotopic (exact) mass is 337 g/mol. The van der Waals surface area contributed by atoms with Gasteiger partial charge in [0.25, 0.3) is 0 Å². The van der Waals surface area contributed by atoms with Crippen molar-refractivity contribution < 1.29 is 17.9 Å². The Balaban J connectivity index is 1.77. The van der Waals surface area contributed by atoms with Crippen molar-refractivity contribution in [3.8, 4) is 0 Å². The average molecular weight is 337 g/mol. The van der Waals surface area contributed by atoms with Gasteiger partial charge in [0, 0.05) is 18.7 Å². The highest BCUT2D eigenvalue weighted by atomic mass is 32.2. The Labute approximate surface area is 138 Å². The summed E-state index contributed by atoms with van der Waals surface area (Å²) in [5.74, 6) is -0.331. The molecule has 126 valence electrons. The van der Waals surface area contributed by atoms with Crippen LogP contribution in [-0.2, 0) is 19.6 Å². The van der Waals surface area contributed by atoms with E-state index in [1.165, 1.54) is 10.4 Å². The van der Waals surface area contributed by atoms with Crippen molar-refractivity contribution in [2.24, 2.45) is 0 Å². The van der Waals surface area contributed by atoms with Gasteiger partial charge < -0.3 is 4.74 Å². The van der Waals surface area contributed by atoms with E-state index in [-0.39, 0.29) is 12.0 Å². The maximum atomic E-state index is 12.4. The molecule has 0 amide bonds. The Morgan fingerprint density at radius 2 is 2.04 bits per heavy atom. The van der Waals surface area contributed by atoms with E-state index in [0.29, 0.717) is 18.0 Å². The number of sulfonamides is 1. The van der Waals surface area contributed by atoms with Crippen LogP contribution in [0, 0.1) is 6.92 Å². The van der Waals surface area contributed by atoms with E-state index in [9.17, 15) is 13.2 Å². The van der Waals surface area contributed by atoms with Gasteiger partial charge >= 0.3 is 5.97 Å². The topological polar surface area (TPSA) is 63.5 Å². The summed E-state index contributed by atoms with van der Waals surface area (Å²) in [4.78, 5) is 11.5. The summed E-state index contributed by atoms with van der Waals surface area (Å²) in [6, 6.07) is 7.01. The highest BCUT2D eigenvalue weighted by molar-refractivity contribution is 7.89. The number of hydrogen-bond acceptors (Lipinski definition) is 4. The minimum Gasteiger partial charge on any atom is -0.463 e. The first-order valence-corrected chi connectivity index (χ1v) is 9.31. The standard InChI is InChI=1S/C17H23NO4S/c1-3-22-17(19)8-6-4-5-7-15-13-18(15)23(20,21)16-11-9-14(2)10-12-16/h6,8-12,15H,3-5,7,13H2,1-2H3/b8-6-. The second kappa shape index (κ2) is 7.75. The molecule has 1 saturated heterocycles. The number of unbranched alkanes of at least 4 members (excludes halogenated alkanes) is 1. The third kappa shape index (κ3) is 4.91. The fourth-order valence-corrected chi connectivity index (χ4v) is 3.99. The van der Waals surface area contributed by atoms with Crippen molar-refractivity contribution >= 4 is 16.0 Å². The van der Waals surface area contributed by atoms with Crippen molar-refractivity contribution in [3.63, 3.8) is 0 Å². The van der Waals surface area contributed by atoms with Gasteiger partial charge in [0.05, 0.1) is 11.5 Å². The van der Waals surface area contributed by atoms with Crippen LogP contribution >= 0.6 is 0 Å². The molecule has 0 aromatic heterocycles. The van der Waals surface area contributed by atoms with E-state index in [2.05, 4.69) is 0 Å². The molecule has 2 rings (SSSR count). The van der Waals surface area contributed by atoms with E-state index in [1.807, 2.05) is 19.1 Å². The summed E-state index contributed by atoms with van der Waals surface area (Å²) in [5.41, 5.74) is 1.04. The van der Waals surface area contributed by atoms with Gasteiger partial charge in [-0.1, -0.05) is 23.8 Å². The molecule has 1 aromatic rings. The van der Waals surface area contributed by atoms with Crippen molar-refractivity contribution in [1.82, 2.24) is 4.31 Å². The highest BCUT2D eigenvalue weighted by Crippen LogP contribution is 2.31. The van der Waals surface area contributed by atoms with Crippen LogP contribution in [0.15, 0.2) is 41.3 Å². The number of hydrogen-bond donors (Lipinski definition) is 0. The summed E-state index contributed by atoms with van der Waals surface area (Å²) < 4.78 is 31.2. The Morgan fingerprint density at radius 1 is 1.35 bits per heavy atom. The van der Waals surface area contributed by atoms with Gasteiger partial charge in [-0.2, -0.15) is 4.31 Å². The molecule has 1 aliphatic rings. The van der Waals surface area contributed by atoms with Crippen LogP contribution in [0.2, 0.25) is 0 Å². The van der Waals surface area contributed by atoms with Crippen LogP contribution in [-0.4, -0.2) is 37.9 Å². The van der Waals surface area contributed by atoms with Gasteiger partial charge in [-0.15, -0.1) is 0 Å². The predicted octanol–water partition coefficient (Wildman–Crippen LogP) is 2.66. The SMILES string of the molecule is CCOC(=O)/C=C\CCCC1CN1S(=O)(=O)c1ccc(C)cc1. The van der Waals surface area contributed by atoms with E-state index in [1.54, 1.807) is 25.1 Å². The van der Waals surface area contributed by atoms with E-state index < -0.39 is 10.0 Å². The number of rotatable bonds is 8. The number of carbonyl (C=O) groups is 1. The Hall–Kier alpha value is -1.66. The molecule has 0 aliphatic carbocycles. The van der Waals surface area contributed by atoms with E-state index in [0.717, 1.165) is 24.8 Å². The largest absolute Gasteiger partial charge is 0.463 e. The number of carbonyl (C=O) groups excluding carboxylic acids is 1. The van der Waals surface area contributed by atoms with Gasteiger partial charge in [-0.25, -0.2) is 13.2 Å². The lowest BCUT2D eigenvalue weighted by Gasteiger charge is -2.06. The van der Waals surface area contributed by atoms with Crippen LogP contribution in [0.1, 0.15) is 31.7 Å². The van der Waals surface area contributed by atoms with Crippen molar-refractivity contribution in [2.45, 2.75) is 44.0 Å². The molecule has 1 fully saturated rings. The molecule has 23 heavy (non-hydrogen) atoms. The second-order valence-electron chi connectivity index (χ2n) is 5.63. The quantitative estimate of drug-likeness (QED) is 0.317. The maximum Gasteiger partial charge on any atom is 0.330 e. The van der Waals surface area contributed by atoms with E-state index >= 15 is 0 Å². The van der Waals surface area contributed by atoms with Gasteiger partial charge in [-0.05, 0) is 45.2 Å². The van der Waals surface area contributed by atoms with Crippen LogP contribution in [0.25, 0.3) is 0 Å². The zero-order chi connectivity index (χ0) is 16.9. The van der Waals surface area contributed by atoms with Crippen molar-refractivity contribution in [2.75, 3.05) is 13.2 Å². The highest BCUT2D eigenvalue weighted by Gasteiger charge is 2.43. The maximum absolute atomic E-state index is 12.4. The number of allylic oxidation sites excluding steroid dienone is 1. The lowest BCUT2D eigenvalue weighted by Crippen LogP contribution is -2.14. The number of benzene rings is 1. The van der Waals surface area contributed by atoms with Gasteiger partial charge in [0.1, 0.15) is 0 Å². The fraction of sp³-hybridized carbons (Fsp3) is 0.471. The lowest BCUT2D eigenvalue weighted by atomic mass is 10.2. The molecule has 2 unspecified atom stereocenters. The molecule has 0 bridgehead atoms. The zero-order valence-corrected chi connectivity index (χ0v) is 14.4. The molecule has 1 aliphatic heterocycles. The predicted molar refractivity (Wildman–Crippen MR) is 88.5 cm³/mol. The number of nitrogens with zero attached hydrogens (tertiary/aromatic N) is 1. The minimum atomic E-state index is -3.35. The Bertz CT molecular complexity index is 664. The normalized spacial score (nSPS) is 20.6. The third-order valence-corrected chi connectivity index (χ3v) is 5.67. The molecular weight excluding hydrogens is 314 g/mol. The lowest BCUT2D eigenvalue weighted by molar-refractivity contribution is -0.137. The van der Waals surface area contributed by atoms with Crippen molar-refractivity contribution in [1.29, 1.82) is 0 Å². The van der Waals surface area contributed by atoms with Gasteiger partial charge in [0.2, 0.25) is 10.0 Å². The van der Waals surface area contributed by atoms with Crippen LogP contribution in [0.4, 0.5) is 0 Å². The molecule has 1 aromatic carbocycles. The summed E-state index contributed by atoms with van der Waals surface area (Å²) >= 11 is 0. The molecule has 6 heteroatoms. The number of esters is 1. The zero-order valence-electron chi connectivity index (χ0n) is 13.6. The number of aryl methyl sites for hydroxylation is 1. The fourth-order valence-electron chi connectivity index (χ4n) is 2.38. The molecule has 1 heterocycles. The molecule has 0 saturated carbocycles. The van der Waals surface area contributed by atoms with Crippen molar-refractivity contribution in [3.05, 3.63) is 42.0 Å². The second-order valence-corrected chi connectivity index (χ2v) is 7.52. The smallest absolute Gasteiger partial charge is 0.330 e. The first kappa shape index (κ1) is 17.7. The number of ether oxygens (including phenoxy) is 1. The molecule has 2 atom stereocenters. The molecular formula is C17H23NO4S. The van der Waals surface area contributed by atoms with Gasteiger partial charge in [-0.3, -0.25) is 0 Å². The first-order valence-electron chi connectivity index (χ1n) is 7.87.